The molecule has 2 aromatic rings. The third-order valence-corrected chi connectivity index (χ3v) is 7.23. The molecular formula is C22H21N3O3S. The zero-order valence-corrected chi connectivity index (χ0v) is 16.7. The molecule has 29 heavy (non-hydrogen) atoms. The highest BCUT2D eigenvalue weighted by atomic mass is 32.2. The summed E-state index contributed by atoms with van der Waals surface area (Å²) in [6, 6.07) is 15.3. The van der Waals surface area contributed by atoms with Gasteiger partial charge in [-0.3, -0.25) is 19.3 Å². The summed E-state index contributed by atoms with van der Waals surface area (Å²) in [5.41, 5.74) is 2.48. The van der Waals surface area contributed by atoms with Gasteiger partial charge >= 0.3 is 0 Å². The van der Waals surface area contributed by atoms with Gasteiger partial charge in [0.2, 0.25) is 11.8 Å². The van der Waals surface area contributed by atoms with Crippen LogP contribution in [0.5, 0.6) is 0 Å². The monoisotopic (exact) mass is 407 g/mol. The Kier molecular flexibility index (Phi) is 4.35. The first-order valence-electron chi connectivity index (χ1n) is 9.86. The predicted molar refractivity (Wildman–Crippen MR) is 111 cm³/mol. The number of carbonyl (C=O) groups excluding carboxylic acids is 3. The molecule has 3 heterocycles. The molecule has 1 atom stereocenters. The summed E-state index contributed by atoms with van der Waals surface area (Å²) < 4.78 is 0. The topological polar surface area (TPSA) is 69.7 Å². The molecule has 2 saturated heterocycles. The summed E-state index contributed by atoms with van der Waals surface area (Å²) in [5, 5.41) is 3.02. The average molecular weight is 407 g/mol. The zero-order valence-electron chi connectivity index (χ0n) is 15.9. The Morgan fingerprint density at radius 2 is 1.93 bits per heavy atom. The lowest BCUT2D eigenvalue weighted by Crippen LogP contribution is -2.49. The number of nitrogens with zero attached hydrogens (tertiary/aromatic N) is 2. The van der Waals surface area contributed by atoms with Crippen LogP contribution < -0.4 is 10.2 Å². The van der Waals surface area contributed by atoms with Gasteiger partial charge in [-0.25, -0.2) is 0 Å². The van der Waals surface area contributed by atoms with E-state index < -0.39 is 4.87 Å². The van der Waals surface area contributed by atoms with Crippen LogP contribution in [0.4, 0.5) is 11.4 Å². The molecule has 0 aliphatic carbocycles. The van der Waals surface area contributed by atoms with Gasteiger partial charge in [0.25, 0.3) is 5.91 Å². The maximum Gasteiger partial charge on any atom is 0.261 e. The minimum atomic E-state index is -0.929. The van der Waals surface area contributed by atoms with E-state index in [2.05, 4.69) is 5.32 Å². The molecule has 5 rings (SSSR count). The van der Waals surface area contributed by atoms with Crippen molar-refractivity contribution in [2.45, 2.75) is 42.0 Å². The molecule has 3 aliphatic rings. The van der Waals surface area contributed by atoms with Gasteiger partial charge in [0.1, 0.15) is 0 Å². The van der Waals surface area contributed by atoms with E-state index in [0.29, 0.717) is 31.5 Å². The Morgan fingerprint density at radius 3 is 2.76 bits per heavy atom. The minimum absolute atomic E-state index is 0.0149. The lowest BCUT2D eigenvalue weighted by Gasteiger charge is -2.29. The molecule has 0 bridgehead atoms. The standard InChI is InChI=1S/C22H21N3O3S/c26-19-9-4-12-24(19)14-15-5-3-6-16(13-15)23-21(28)22-11-10-20(27)25(22)17-7-1-2-8-18(17)29-22/h1-3,5-8,13H,4,9-12,14H2,(H,23,28). The second-order valence-corrected chi connectivity index (χ2v) is 8.98. The van der Waals surface area contributed by atoms with Crippen molar-refractivity contribution in [2.75, 3.05) is 16.8 Å². The van der Waals surface area contributed by atoms with Crippen molar-refractivity contribution >= 4 is 40.9 Å². The molecule has 0 radical (unpaired) electrons. The third kappa shape index (κ3) is 3.00. The molecule has 148 valence electrons. The molecule has 6 nitrogen and oxygen atoms in total. The van der Waals surface area contributed by atoms with Crippen molar-refractivity contribution < 1.29 is 14.4 Å². The second kappa shape index (κ2) is 6.91. The fourth-order valence-corrected chi connectivity index (χ4v) is 5.78. The van der Waals surface area contributed by atoms with Gasteiger partial charge in [0, 0.05) is 36.5 Å². The van der Waals surface area contributed by atoms with Crippen LogP contribution in [0.1, 0.15) is 31.2 Å². The van der Waals surface area contributed by atoms with Crippen LogP contribution in [0, 0.1) is 0 Å². The molecule has 0 aromatic heterocycles. The molecule has 1 N–H and O–H groups in total. The first-order valence-corrected chi connectivity index (χ1v) is 10.7. The van der Waals surface area contributed by atoms with Crippen LogP contribution in [0.3, 0.4) is 0 Å². The van der Waals surface area contributed by atoms with Crippen LogP contribution in [0.2, 0.25) is 0 Å². The summed E-state index contributed by atoms with van der Waals surface area (Å²) in [7, 11) is 0. The van der Waals surface area contributed by atoms with Gasteiger partial charge in [-0.15, -0.1) is 0 Å². The number of carbonyl (C=O) groups is 3. The number of hydrogen-bond acceptors (Lipinski definition) is 4. The van der Waals surface area contributed by atoms with Gasteiger partial charge in [-0.05, 0) is 42.7 Å². The Hall–Kier alpha value is -2.80. The number of likely N-dealkylation sites (tertiary alicyclic amines) is 1. The molecule has 3 aliphatic heterocycles. The smallest absolute Gasteiger partial charge is 0.261 e. The Balaban J connectivity index is 1.37. The van der Waals surface area contributed by atoms with Gasteiger partial charge in [-0.1, -0.05) is 36.0 Å². The number of thioether (sulfide) groups is 1. The molecule has 0 saturated carbocycles. The van der Waals surface area contributed by atoms with E-state index >= 15 is 0 Å². The molecular weight excluding hydrogens is 386 g/mol. The van der Waals surface area contributed by atoms with Crippen LogP contribution in [0.25, 0.3) is 0 Å². The maximum absolute atomic E-state index is 13.3. The van der Waals surface area contributed by atoms with E-state index in [9.17, 15) is 14.4 Å². The first kappa shape index (κ1) is 18.2. The summed E-state index contributed by atoms with van der Waals surface area (Å²) in [6.45, 7) is 1.34. The van der Waals surface area contributed by atoms with E-state index in [4.69, 9.17) is 0 Å². The highest BCUT2D eigenvalue weighted by molar-refractivity contribution is 8.02. The lowest BCUT2D eigenvalue weighted by molar-refractivity contribution is -0.128. The Morgan fingerprint density at radius 1 is 1.07 bits per heavy atom. The van der Waals surface area contributed by atoms with Gasteiger partial charge < -0.3 is 10.2 Å². The predicted octanol–water partition coefficient (Wildman–Crippen LogP) is 3.38. The van der Waals surface area contributed by atoms with Crippen LogP contribution in [-0.4, -0.2) is 34.0 Å². The van der Waals surface area contributed by atoms with Crippen molar-refractivity contribution in [3.8, 4) is 0 Å². The normalized spacial score (nSPS) is 22.8. The summed E-state index contributed by atoms with van der Waals surface area (Å²) >= 11 is 1.46. The summed E-state index contributed by atoms with van der Waals surface area (Å²) in [5.74, 6) is -0.0172. The largest absolute Gasteiger partial charge is 0.338 e. The highest BCUT2D eigenvalue weighted by Gasteiger charge is 2.57. The number of para-hydroxylation sites is 1. The van der Waals surface area contributed by atoms with Crippen LogP contribution >= 0.6 is 11.8 Å². The van der Waals surface area contributed by atoms with Gasteiger partial charge in [-0.2, -0.15) is 0 Å². The minimum Gasteiger partial charge on any atom is -0.338 e. The quantitative estimate of drug-likeness (QED) is 0.844. The molecule has 7 heteroatoms. The molecule has 2 aromatic carbocycles. The number of benzene rings is 2. The number of hydrogen-bond donors (Lipinski definition) is 1. The summed E-state index contributed by atoms with van der Waals surface area (Å²) in [4.78, 5) is 41.3. The number of anilines is 2. The zero-order chi connectivity index (χ0) is 20.0. The van der Waals surface area contributed by atoms with E-state index in [1.54, 1.807) is 4.90 Å². The van der Waals surface area contributed by atoms with Crippen molar-refractivity contribution in [3.63, 3.8) is 0 Å². The lowest BCUT2D eigenvalue weighted by atomic mass is 10.1. The van der Waals surface area contributed by atoms with E-state index in [1.165, 1.54) is 11.8 Å². The molecule has 0 spiro atoms. The SMILES string of the molecule is O=C1CCCN1Cc1cccc(NC(=O)C23CCC(=O)N2c2ccccc2S3)c1. The summed E-state index contributed by atoms with van der Waals surface area (Å²) in [6.07, 6.45) is 2.37. The fraction of sp³-hybridized carbons (Fsp3) is 0.318. The molecule has 2 fully saturated rings. The highest BCUT2D eigenvalue weighted by Crippen LogP contribution is 2.56. The Labute approximate surface area is 173 Å². The molecule has 3 amide bonds. The number of fused-ring (bicyclic) bond motifs is 3. The average Bonchev–Trinajstić information content (AvgIpc) is 3.37. The Bertz CT molecular complexity index is 1020. The van der Waals surface area contributed by atoms with Crippen molar-refractivity contribution in [1.82, 2.24) is 4.90 Å². The van der Waals surface area contributed by atoms with Crippen molar-refractivity contribution in [3.05, 3.63) is 54.1 Å². The number of amides is 3. The van der Waals surface area contributed by atoms with Crippen molar-refractivity contribution in [1.29, 1.82) is 0 Å². The number of rotatable bonds is 4. The molecule has 1 unspecified atom stereocenters. The first-order chi connectivity index (χ1) is 14.1. The van der Waals surface area contributed by atoms with E-state index in [0.717, 1.165) is 29.1 Å². The maximum atomic E-state index is 13.3. The van der Waals surface area contributed by atoms with E-state index in [-0.39, 0.29) is 17.7 Å². The third-order valence-electron chi connectivity index (χ3n) is 5.76. The van der Waals surface area contributed by atoms with E-state index in [1.807, 2.05) is 53.4 Å². The van der Waals surface area contributed by atoms with Crippen molar-refractivity contribution in [2.24, 2.45) is 0 Å². The fourth-order valence-electron chi connectivity index (χ4n) is 4.37. The van der Waals surface area contributed by atoms with Crippen LogP contribution in [0.15, 0.2) is 53.4 Å². The second-order valence-electron chi connectivity index (χ2n) is 7.66. The van der Waals surface area contributed by atoms with Gasteiger partial charge in [0.15, 0.2) is 4.87 Å². The number of nitrogens with one attached hydrogen (secondary N) is 1. The van der Waals surface area contributed by atoms with Crippen LogP contribution in [-0.2, 0) is 20.9 Å². The van der Waals surface area contributed by atoms with Gasteiger partial charge in [0.05, 0.1) is 5.69 Å².